The van der Waals surface area contributed by atoms with Crippen molar-refractivity contribution in [3.05, 3.63) is 23.8 Å². The Labute approximate surface area is 113 Å². The first-order chi connectivity index (χ1) is 9.02. The fraction of sp³-hybridized carbons (Fsp3) is 0.429. The maximum absolute atomic E-state index is 11.7. The molecule has 4 N–H and O–H groups in total. The minimum atomic E-state index is -0.135. The predicted molar refractivity (Wildman–Crippen MR) is 77.0 cm³/mol. The van der Waals surface area contributed by atoms with E-state index in [-0.39, 0.29) is 11.8 Å². The Morgan fingerprint density at radius 2 is 1.95 bits per heavy atom. The van der Waals surface area contributed by atoms with Crippen molar-refractivity contribution in [3.8, 4) is 0 Å². The molecule has 0 aliphatic heterocycles. The number of hydrogen-bond acceptors (Lipinski definition) is 3. The van der Waals surface area contributed by atoms with Gasteiger partial charge in [0, 0.05) is 24.7 Å². The van der Waals surface area contributed by atoms with Gasteiger partial charge in [-0.3, -0.25) is 9.59 Å². The topological polar surface area (TPSA) is 84.2 Å². The number of carbonyl (C=O) groups is 2. The largest absolute Gasteiger partial charge is 0.330 e. The van der Waals surface area contributed by atoms with Crippen molar-refractivity contribution in [1.82, 2.24) is 0 Å². The third-order valence-corrected chi connectivity index (χ3v) is 2.69. The molecule has 1 rings (SSSR count). The SMILES string of the molecule is CC(=O)Nc1ccc(C)c(NC(=O)CCCCN)c1. The van der Waals surface area contributed by atoms with Crippen molar-refractivity contribution in [2.24, 2.45) is 5.73 Å². The minimum absolute atomic E-state index is 0.0310. The molecule has 0 aliphatic rings. The average molecular weight is 263 g/mol. The van der Waals surface area contributed by atoms with Crippen LogP contribution in [0.3, 0.4) is 0 Å². The van der Waals surface area contributed by atoms with Crippen molar-refractivity contribution >= 4 is 23.2 Å². The molecule has 0 fully saturated rings. The van der Waals surface area contributed by atoms with E-state index in [1.165, 1.54) is 6.92 Å². The van der Waals surface area contributed by atoms with E-state index in [1.807, 2.05) is 13.0 Å². The van der Waals surface area contributed by atoms with Crippen molar-refractivity contribution in [1.29, 1.82) is 0 Å². The van der Waals surface area contributed by atoms with Crippen LogP contribution in [0.25, 0.3) is 0 Å². The van der Waals surface area contributed by atoms with Crippen molar-refractivity contribution in [3.63, 3.8) is 0 Å². The zero-order valence-corrected chi connectivity index (χ0v) is 11.5. The van der Waals surface area contributed by atoms with Gasteiger partial charge >= 0.3 is 0 Å². The molecule has 2 amide bonds. The second-order valence-corrected chi connectivity index (χ2v) is 4.50. The summed E-state index contributed by atoms with van der Waals surface area (Å²) in [6.07, 6.45) is 2.09. The van der Waals surface area contributed by atoms with Crippen LogP contribution in [0, 0.1) is 6.92 Å². The molecule has 104 valence electrons. The molecule has 0 aromatic heterocycles. The summed E-state index contributed by atoms with van der Waals surface area (Å²) in [5.74, 6) is -0.166. The molecule has 5 heteroatoms. The number of rotatable bonds is 6. The van der Waals surface area contributed by atoms with Gasteiger partial charge in [-0.25, -0.2) is 0 Å². The van der Waals surface area contributed by atoms with Crippen molar-refractivity contribution in [2.75, 3.05) is 17.2 Å². The quantitative estimate of drug-likeness (QED) is 0.686. The first kappa shape index (κ1) is 15.2. The zero-order chi connectivity index (χ0) is 14.3. The molecule has 0 atom stereocenters. The lowest BCUT2D eigenvalue weighted by Crippen LogP contribution is -2.13. The molecular formula is C14H21N3O2. The van der Waals surface area contributed by atoms with E-state index in [2.05, 4.69) is 10.6 Å². The summed E-state index contributed by atoms with van der Waals surface area (Å²) < 4.78 is 0. The summed E-state index contributed by atoms with van der Waals surface area (Å²) in [6, 6.07) is 5.43. The summed E-state index contributed by atoms with van der Waals surface area (Å²) in [6.45, 7) is 3.96. The van der Waals surface area contributed by atoms with E-state index < -0.39 is 0 Å². The lowest BCUT2D eigenvalue weighted by atomic mass is 10.1. The molecule has 0 unspecified atom stereocenters. The number of hydrogen-bond donors (Lipinski definition) is 3. The zero-order valence-electron chi connectivity index (χ0n) is 11.5. The molecule has 0 radical (unpaired) electrons. The second kappa shape index (κ2) is 7.53. The van der Waals surface area contributed by atoms with E-state index in [1.54, 1.807) is 12.1 Å². The van der Waals surface area contributed by atoms with Gasteiger partial charge in [-0.05, 0) is 44.0 Å². The molecule has 19 heavy (non-hydrogen) atoms. The predicted octanol–water partition coefficient (Wildman–Crippen LogP) is 2.02. The molecule has 0 heterocycles. The average Bonchev–Trinajstić information content (AvgIpc) is 2.33. The highest BCUT2D eigenvalue weighted by molar-refractivity contribution is 5.94. The summed E-state index contributed by atoms with van der Waals surface area (Å²) in [4.78, 5) is 22.7. The van der Waals surface area contributed by atoms with E-state index >= 15 is 0 Å². The Hall–Kier alpha value is -1.88. The fourth-order valence-electron chi connectivity index (χ4n) is 1.68. The highest BCUT2D eigenvalue weighted by atomic mass is 16.2. The van der Waals surface area contributed by atoms with Crippen LogP contribution in [0.15, 0.2) is 18.2 Å². The number of carbonyl (C=O) groups excluding carboxylic acids is 2. The Morgan fingerprint density at radius 1 is 1.21 bits per heavy atom. The number of nitrogens with one attached hydrogen (secondary N) is 2. The van der Waals surface area contributed by atoms with Crippen LogP contribution in [0.2, 0.25) is 0 Å². The number of unbranched alkanes of at least 4 members (excludes halogenated alkanes) is 1. The highest BCUT2D eigenvalue weighted by Crippen LogP contribution is 2.20. The smallest absolute Gasteiger partial charge is 0.224 e. The van der Waals surface area contributed by atoms with Gasteiger partial charge < -0.3 is 16.4 Å². The Balaban J connectivity index is 2.65. The minimum Gasteiger partial charge on any atom is -0.330 e. The maximum atomic E-state index is 11.7. The molecule has 0 aliphatic carbocycles. The van der Waals surface area contributed by atoms with Gasteiger partial charge in [0.25, 0.3) is 0 Å². The third-order valence-electron chi connectivity index (χ3n) is 2.69. The van der Waals surface area contributed by atoms with E-state index in [4.69, 9.17) is 5.73 Å². The van der Waals surface area contributed by atoms with Crippen molar-refractivity contribution in [2.45, 2.75) is 33.1 Å². The number of nitrogens with two attached hydrogens (primary N) is 1. The van der Waals surface area contributed by atoms with Crippen molar-refractivity contribution < 1.29 is 9.59 Å². The molecule has 1 aromatic rings. The molecule has 0 saturated heterocycles. The fourth-order valence-corrected chi connectivity index (χ4v) is 1.68. The van der Waals surface area contributed by atoms with Crippen LogP contribution in [0.1, 0.15) is 31.7 Å². The summed E-state index contributed by atoms with van der Waals surface area (Å²) in [5.41, 5.74) is 7.75. The molecule has 5 nitrogen and oxygen atoms in total. The molecule has 0 spiro atoms. The Kier molecular flexibility index (Phi) is 6.02. The molecule has 0 saturated carbocycles. The lowest BCUT2D eigenvalue weighted by Gasteiger charge is -2.11. The standard InChI is InChI=1S/C14H21N3O2/c1-10-6-7-12(16-11(2)18)9-13(10)17-14(19)5-3-4-8-15/h6-7,9H,3-5,8,15H2,1-2H3,(H,16,18)(H,17,19). The summed E-state index contributed by atoms with van der Waals surface area (Å²) in [7, 11) is 0. The summed E-state index contributed by atoms with van der Waals surface area (Å²) in [5, 5.41) is 5.54. The Bertz CT molecular complexity index is 458. The van der Waals surface area contributed by atoms with Crippen LogP contribution in [0.4, 0.5) is 11.4 Å². The van der Waals surface area contributed by atoms with Gasteiger partial charge in [0.05, 0.1) is 0 Å². The maximum Gasteiger partial charge on any atom is 0.224 e. The van der Waals surface area contributed by atoms with Gasteiger partial charge in [0.1, 0.15) is 0 Å². The van der Waals surface area contributed by atoms with E-state index in [0.717, 1.165) is 24.1 Å². The molecular weight excluding hydrogens is 242 g/mol. The third kappa shape index (κ3) is 5.52. The number of amides is 2. The first-order valence-corrected chi connectivity index (χ1v) is 6.41. The molecule has 0 bridgehead atoms. The van der Waals surface area contributed by atoms with Gasteiger partial charge in [-0.15, -0.1) is 0 Å². The van der Waals surface area contributed by atoms with E-state index in [9.17, 15) is 9.59 Å². The van der Waals surface area contributed by atoms with Crippen LogP contribution in [0.5, 0.6) is 0 Å². The molecule has 1 aromatic carbocycles. The summed E-state index contributed by atoms with van der Waals surface area (Å²) >= 11 is 0. The number of anilines is 2. The van der Waals surface area contributed by atoms with Crippen LogP contribution in [-0.4, -0.2) is 18.4 Å². The van der Waals surface area contributed by atoms with E-state index in [0.29, 0.717) is 18.7 Å². The van der Waals surface area contributed by atoms with Gasteiger partial charge in [0.2, 0.25) is 11.8 Å². The van der Waals surface area contributed by atoms with Gasteiger partial charge in [0.15, 0.2) is 0 Å². The number of aryl methyl sites for hydroxylation is 1. The normalized spacial score (nSPS) is 10.1. The second-order valence-electron chi connectivity index (χ2n) is 4.50. The van der Waals surface area contributed by atoms with Gasteiger partial charge in [-0.1, -0.05) is 6.07 Å². The monoisotopic (exact) mass is 263 g/mol. The van der Waals surface area contributed by atoms with Crippen LogP contribution >= 0.6 is 0 Å². The first-order valence-electron chi connectivity index (χ1n) is 6.41. The number of benzene rings is 1. The lowest BCUT2D eigenvalue weighted by molar-refractivity contribution is -0.116. The van der Waals surface area contributed by atoms with Gasteiger partial charge in [-0.2, -0.15) is 0 Å². The Morgan fingerprint density at radius 3 is 2.58 bits per heavy atom. The van der Waals surface area contributed by atoms with Crippen LogP contribution < -0.4 is 16.4 Å². The highest BCUT2D eigenvalue weighted by Gasteiger charge is 2.06. The van der Waals surface area contributed by atoms with Crippen LogP contribution in [-0.2, 0) is 9.59 Å².